The maximum absolute atomic E-state index is 12.1. The predicted octanol–water partition coefficient (Wildman–Crippen LogP) is 1.83. The first-order valence-electron chi connectivity index (χ1n) is 11.2. The van der Waals surface area contributed by atoms with Gasteiger partial charge in [0, 0.05) is 31.5 Å². The Labute approximate surface area is 211 Å². The highest BCUT2D eigenvalue weighted by atomic mass is 35.5. The number of aliphatic hydroxyl groups is 2. The molecule has 0 spiro atoms. The second kappa shape index (κ2) is 9.78. The Kier molecular flexibility index (Phi) is 6.54. The number of carbonyl (C=O) groups is 1. The lowest BCUT2D eigenvalue weighted by molar-refractivity contribution is -0.137. The van der Waals surface area contributed by atoms with Crippen molar-refractivity contribution in [2.45, 2.75) is 38.0 Å². The van der Waals surface area contributed by atoms with Crippen molar-refractivity contribution in [1.29, 1.82) is 0 Å². The number of fused-ring (bicyclic) bond motifs is 1. The number of anilines is 1. The first-order valence-corrected chi connectivity index (χ1v) is 11.6. The van der Waals surface area contributed by atoms with E-state index in [1.807, 2.05) is 25.1 Å². The van der Waals surface area contributed by atoms with Crippen LogP contribution in [0.1, 0.15) is 17.4 Å². The van der Waals surface area contributed by atoms with E-state index < -0.39 is 30.4 Å². The van der Waals surface area contributed by atoms with Gasteiger partial charge in [-0.05, 0) is 18.6 Å². The number of halogens is 1. The van der Waals surface area contributed by atoms with E-state index in [2.05, 4.69) is 36.6 Å². The van der Waals surface area contributed by atoms with Crippen LogP contribution in [0.15, 0.2) is 49.1 Å². The van der Waals surface area contributed by atoms with Gasteiger partial charge in [-0.3, -0.25) is 14.3 Å². The third-order valence-corrected chi connectivity index (χ3v) is 6.15. The minimum atomic E-state index is -1.43. The fraction of sp³-hybridized carbons (Fsp3) is 0.292. The molecular weight excluding hydrogens is 486 g/mol. The van der Waals surface area contributed by atoms with Crippen molar-refractivity contribution >= 4 is 34.5 Å². The summed E-state index contributed by atoms with van der Waals surface area (Å²) < 4.78 is 7.21. The van der Waals surface area contributed by atoms with E-state index in [1.54, 1.807) is 12.3 Å². The normalized spacial score (nSPS) is 21.6. The minimum Gasteiger partial charge on any atom is -0.387 e. The Balaban J connectivity index is 1.58. The summed E-state index contributed by atoms with van der Waals surface area (Å²) in [5.74, 6) is 0.224. The Morgan fingerprint density at radius 2 is 2.03 bits per heavy atom. The topological polar surface area (TPSA) is 147 Å². The summed E-state index contributed by atoms with van der Waals surface area (Å²) in [4.78, 5) is 30.0. The van der Waals surface area contributed by atoms with Crippen LogP contribution in [0.2, 0.25) is 5.02 Å². The summed E-state index contributed by atoms with van der Waals surface area (Å²) >= 11 is 6.15. The lowest BCUT2D eigenvalue weighted by atomic mass is 10.1. The second-order valence-electron chi connectivity index (χ2n) is 8.50. The summed E-state index contributed by atoms with van der Waals surface area (Å²) in [5.41, 5.74) is 3.52. The number of hydrogen-bond acceptors (Lipinski definition) is 9. The number of nitrogens with one attached hydrogen (secondary N) is 2. The number of benzene rings is 1. The summed E-state index contributed by atoms with van der Waals surface area (Å²) in [6, 6.07) is 9.75. The van der Waals surface area contributed by atoms with Crippen molar-refractivity contribution in [2.75, 3.05) is 12.4 Å². The molecule has 186 valence electrons. The molecule has 1 saturated heterocycles. The predicted molar refractivity (Wildman–Crippen MR) is 132 cm³/mol. The molecule has 0 radical (unpaired) electrons. The summed E-state index contributed by atoms with van der Waals surface area (Å²) in [6.07, 6.45) is -0.631. The van der Waals surface area contributed by atoms with E-state index in [0.29, 0.717) is 39.9 Å². The first kappa shape index (κ1) is 24.1. The van der Waals surface area contributed by atoms with Crippen LogP contribution in [0, 0.1) is 6.92 Å². The van der Waals surface area contributed by atoms with Gasteiger partial charge in [-0.15, -0.1) is 0 Å². The van der Waals surface area contributed by atoms with E-state index in [0.717, 1.165) is 11.1 Å². The lowest BCUT2D eigenvalue weighted by Crippen LogP contribution is -2.41. The zero-order valence-electron chi connectivity index (χ0n) is 19.5. The highest BCUT2D eigenvalue weighted by molar-refractivity contribution is 6.30. The van der Waals surface area contributed by atoms with Gasteiger partial charge in [-0.2, -0.15) is 0 Å². The van der Waals surface area contributed by atoms with Gasteiger partial charge < -0.3 is 25.6 Å². The molecule has 12 heteroatoms. The number of carbonyl (C=O) groups excluding carboxylic acids is 1. The molecule has 0 aliphatic carbocycles. The number of pyridine rings is 1. The van der Waals surface area contributed by atoms with E-state index in [9.17, 15) is 15.0 Å². The number of rotatable bonds is 6. The van der Waals surface area contributed by atoms with Gasteiger partial charge in [-0.25, -0.2) is 15.0 Å². The van der Waals surface area contributed by atoms with Crippen molar-refractivity contribution in [3.63, 3.8) is 0 Å². The van der Waals surface area contributed by atoms with Crippen molar-refractivity contribution in [3.8, 4) is 11.4 Å². The molecule has 4 aromatic rings. The number of imidazole rings is 1. The highest BCUT2D eigenvalue weighted by Crippen LogP contribution is 2.34. The molecule has 0 unspecified atom stereocenters. The van der Waals surface area contributed by atoms with Gasteiger partial charge in [0.1, 0.15) is 12.2 Å². The number of ether oxygens (including phenoxy) is 1. The molecule has 0 bridgehead atoms. The van der Waals surface area contributed by atoms with Crippen molar-refractivity contribution in [2.24, 2.45) is 0 Å². The number of likely N-dealkylation sites (N-methyl/N-ethyl adjacent to an activating group) is 1. The molecule has 1 amide bonds. The Bertz CT molecular complexity index is 1430. The second-order valence-corrected chi connectivity index (χ2v) is 8.93. The van der Waals surface area contributed by atoms with Gasteiger partial charge in [0.2, 0.25) is 0 Å². The highest BCUT2D eigenvalue weighted by Gasteiger charge is 2.47. The maximum Gasteiger partial charge on any atom is 0.251 e. The summed E-state index contributed by atoms with van der Waals surface area (Å²) in [6.45, 7) is 2.50. The average Bonchev–Trinajstić information content (AvgIpc) is 3.43. The number of aliphatic hydroxyl groups excluding tert-OH is 2. The molecule has 1 aromatic carbocycles. The van der Waals surface area contributed by atoms with E-state index in [1.165, 1.54) is 24.1 Å². The number of nitrogens with zero attached hydrogens (tertiary/aromatic N) is 5. The molecule has 4 N–H and O–H groups in total. The summed E-state index contributed by atoms with van der Waals surface area (Å²) in [5, 5.41) is 27.3. The van der Waals surface area contributed by atoms with E-state index in [4.69, 9.17) is 16.3 Å². The summed E-state index contributed by atoms with van der Waals surface area (Å²) in [7, 11) is 1.43. The fourth-order valence-electron chi connectivity index (χ4n) is 4.15. The van der Waals surface area contributed by atoms with Crippen LogP contribution in [-0.4, -0.2) is 66.0 Å². The number of hydrogen-bond donors (Lipinski definition) is 4. The number of aryl methyl sites for hydroxylation is 1. The van der Waals surface area contributed by atoms with Crippen LogP contribution in [0.4, 0.5) is 5.82 Å². The smallest absolute Gasteiger partial charge is 0.251 e. The van der Waals surface area contributed by atoms with Gasteiger partial charge in [0.25, 0.3) is 5.91 Å². The molecular formula is C24H24ClN7O4. The number of aromatic nitrogens is 5. The molecule has 1 aliphatic heterocycles. The van der Waals surface area contributed by atoms with E-state index >= 15 is 0 Å². The quantitative estimate of drug-likeness (QED) is 0.305. The number of amides is 1. The Hall–Kier alpha value is -3.64. The van der Waals surface area contributed by atoms with Gasteiger partial charge in [0.15, 0.2) is 35.1 Å². The maximum atomic E-state index is 12.1. The molecule has 5 rings (SSSR count). The molecule has 1 fully saturated rings. The van der Waals surface area contributed by atoms with Crippen LogP contribution in [0.25, 0.3) is 22.6 Å². The molecule has 36 heavy (non-hydrogen) atoms. The average molecular weight is 510 g/mol. The van der Waals surface area contributed by atoms with Gasteiger partial charge in [-0.1, -0.05) is 41.4 Å². The molecule has 4 heterocycles. The van der Waals surface area contributed by atoms with E-state index in [-0.39, 0.29) is 0 Å². The van der Waals surface area contributed by atoms with Crippen LogP contribution in [0.3, 0.4) is 0 Å². The third kappa shape index (κ3) is 4.49. The van der Waals surface area contributed by atoms with Gasteiger partial charge >= 0.3 is 0 Å². The van der Waals surface area contributed by atoms with Crippen molar-refractivity contribution in [1.82, 2.24) is 29.8 Å². The largest absolute Gasteiger partial charge is 0.387 e. The van der Waals surface area contributed by atoms with Crippen LogP contribution in [-0.2, 0) is 16.1 Å². The monoisotopic (exact) mass is 509 g/mol. The fourth-order valence-corrected chi connectivity index (χ4v) is 4.32. The van der Waals surface area contributed by atoms with Crippen LogP contribution in [0.5, 0.6) is 0 Å². The zero-order chi connectivity index (χ0) is 25.4. The molecule has 1 aliphatic rings. The first-order chi connectivity index (χ1) is 17.4. The molecule has 4 atom stereocenters. The van der Waals surface area contributed by atoms with Crippen molar-refractivity contribution < 1.29 is 19.7 Å². The lowest BCUT2D eigenvalue weighted by Gasteiger charge is -2.17. The Morgan fingerprint density at radius 3 is 2.78 bits per heavy atom. The SMILES string of the molecule is CNC(=O)[C@H]1O[C@@H](n2cnc3c(NCc4cccc(C)c4)nc(-c4cncc(Cl)c4)nc32)[C@H](O)[C@@H]1O. The van der Waals surface area contributed by atoms with Crippen molar-refractivity contribution in [3.05, 3.63) is 65.2 Å². The zero-order valence-corrected chi connectivity index (χ0v) is 20.2. The van der Waals surface area contributed by atoms with Gasteiger partial charge in [0.05, 0.1) is 11.3 Å². The standard InChI is InChI=1S/C24H24ClN7O4/c1-12-4-3-5-13(6-12)8-28-21-16-22(31-20(30-21)14-7-15(25)10-27-9-14)32(11-29-16)24-18(34)17(33)19(36-24)23(35)26-2/h3-7,9-11,17-19,24,33-34H,8H2,1-2H3,(H,26,35)(H,28,30,31)/t17-,18+,19-,24+/m0/s1. The third-order valence-electron chi connectivity index (χ3n) is 5.94. The molecule has 3 aromatic heterocycles. The Morgan fingerprint density at radius 1 is 1.19 bits per heavy atom. The van der Waals surface area contributed by atoms with Crippen LogP contribution >= 0.6 is 11.6 Å². The minimum absolute atomic E-state index is 0.321. The van der Waals surface area contributed by atoms with Crippen LogP contribution < -0.4 is 10.6 Å². The molecule has 0 saturated carbocycles. The molecule has 11 nitrogen and oxygen atoms in total.